The number of carboxylic acids is 1. The van der Waals surface area contributed by atoms with Crippen LogP contribution in [0, 0.1) is 11.8 Å². The molecule has 0 aromatic rings. The van der Waals surface area contributed by atoms with E-state index in [1.54, 1.807) is 0 Å². The van der Waals surface area contributed by atoms with Crippen LogP contribution in [0.5, 0.6) is 0 Å². The van der Waals surface area contributed by atoms with Crippen molar-refractivity contribution in [1.29, 1.82) is 0 Å². The summed E-state index contributed by atoms with van der Waals surface area (Å²) in [6, 6.07) is -0.340. The minimum atomic E-state index is -1.38. The second-order valence-electron chi connectivity index (χ2n) is 6.00. The molecule has 0 aromatic heterocycles. The van der Waals surface area contributed by atoms with Gasteiger partial charge < -0.3 is 25.2 Å². The van der Waals surface area contributed by atoms with Crippen molar-refractivity contribution >= 4 is 29.5 Å². The Kier molecular flexibility index (Phi) is 5.52. The summed E-state index contributed by atoms with van der Waals surface area (Å²) in [5.41, 5.74) is -0.0938. The van der Waals surface area contributed by atoms with Gasteiger partial charge in [0.05, 0.1) is 29.7 Å². The molecule has 7 nitrogen and oxygen atoms in total. The smallest absolute Gasteiger partial charge is 0.543 e. The monoisotopic (exact) mass is 348 g/mol. The molecule has 0 unspecified atom stereocenters. The molecule has 0 bridgehead atoms. The Labute approximate surface area is 160 Å². The van der Waals surface area contributed by atoms with E-state index in [0.29, 0.717) is 17.9 Å². The number of nitrogens with one attached hydrogen (secondary N) is 1. The number of amides is 2. The van der Waals surface area contributed by atoms with Crippen molar-refractivity contribution in [2.45, 2.75) is 37.7 Å². The van der Waals surface area contributed by atoms with E-state index in [4.69, 9.17) is 0 Å². The fraction of sp³-hybridized carbons (Fsp3) is 0.643. The van der Waals surface area contributed by atoms with Gasteiger partial charge in [0.2, 0.25) is 11.8 Å². The van der Waals surface area contributed by atoms with Gasteiger partial charge in [-0.15, -0.1) is 11.8 Å². The number of carboxylic acid groups (broad SMARTS) is 1. The number of fused-ring (bicyclic) bond motifs is 1. The first-order valence-electron chi connectivity index (χ1n) is 7.23. The Hall–Kier alpha value is -0.540. The van der Waals surface area contributed by atoms with E-state index in [9.17, 15) is 24.6 Å². The van der Waals surface area contributed by atoms with Crippen molar-refractivity contribution in [3.8, 4) is 0 Å². The molecule has 2 N–H and O–H groups in total. The predicted molar refractivity (Wildman–Crippen MR) is 76.0 cm³/mol. The van der Waals surface area contributed by atoms with E-state index in [0.717, 1.165) is 0 Å². The van der Waals surface area contributed by atoms with Crippen molar-refractivity contribution in [3.05, 3.63) is 10.6 Å². The van der Waals surface area contributed by atoms with Gasteiger partial charge in [0.15, 0.2) is 0 Å². The molecular formula is C14H17N2NaO5S. The molecule has 2 saturated heterocycles. The van der Waals surface area contributed by atoms with Crippen molar-refractivity contribution in [1.82, 2.24) is 10.2 Å². The third-order valence-corrected chi connectivity index (χ3v) is 6.02. The number of thioether (sulfide) groups is 1. The van der Waals surface area contributed by atoms with Crippen LogP contribution in [-0.2, 0) is 14.4 Å². The third-order valence-electron chi connectivity index (χ3n) is 4.54. The molecular weight excluding hydrogens is 331 g/mol. The number of carbonyl (C=O) groups excluding carboxylic acids is 3. The van der Waals surface area contributed by atoms with Gasteiger partial charge in [0, 0.05) is 29.0 Å². The van der Waals surface area contributed by atoms with E-state index in [1.165, 1.54) is 23.6 Å². The van der Waals surface area contributed by atoms with Crippen LogP contribution in [0.2, 0.25) is 0 Å². The summed E-state index contributed by atoms with van der Waals surface area (Å²) in [6.07, 6.45) is -0.488. The van der Waals surface area contributed by atoms with Crippen LogP contribution >= 0.6 is 11.8 Å². The second kappa shape index (κ2) is 6.76. The standard InChI is InChI=1S/C14H18N2O5S.Na/c1-5-10-9(6(2)17)13(19)16(10)11(14(20)21)12(5)22-7-3-8(18)15-4-7;/h5-7,9-10,17H,3-4H2,1-2H3,(H,15,18)(H,20,21);/q;+1/p-1/t5-,6-,7-,9-,10-;/m1./s1. The minimum absolute atomic E-state index is 0. The van der Waals surface area contributed by atoms with E-state index in [2.05, 4.69) is 5.32 Å². The van der Waals surface area contributed by atoms with Crippen LogP contribution in [0.25, 0.3) is 0 Å². The average Bonchev–Trinajstić information content (AvgIpc) is 2.92. The zero-order valence-corrected chi connectivity index (χ0v) is 16.1. The summed E-state index contributed by atoms with van der Waals surface area (Å²) in [5, 5.41) is 23.9. The summed E-state index contributed by atoms with van der Waals surface area (Å²) in [4.78, 5) is 36.7. The maximum atomic E-state index is 12.1. The molecule has 9 heteroatoms. The first kappa shape index (κ1) is 18.8. The summed E-state index contributed by atoms with van der Waals surface area (Å²) in [7, 11) is 0. The Morgan fingerprint density at radius 2 is 2.13 bits per heavy atom. The molecule has 120 valence electrons. The zero-order chi connectivity index (χ0) is 16.2. The van der Waals surface area contributed by atoms with Crippen molar-refractivity contribution in [2.75, 3.05) is 6.54 Å². The SMILES string of the molecule is C[C@@H](O)[C@H]1C(=O)N2C(C(=O)[O-])=C(S[C@H]3CNC(=O)C3)[C@H](C)[C@H]12.[Na+]. The fourth-order valence-corrected chi connectivity index (χ4v) is 4.92. The number of rotatable bonds is 4. The van der Waals surface area contributed by atoms with Crippen molar-refractivity contribution in [2.24, 2.45) is 11.8 Å². The molecule has 0 radical (unpaired) electrons. The summed E-state index contributed by atoms with van der Waals surface area (Å²) >= 11 is 1.33. The Balaban J connectivity index is 0.00000192. The van der Waals surface area contributed by atoms with Crippen molar-refractivity contribution in [3.63, 3.8) is 0 Å². The first-order chi connectivity index (χ1) is 10.3. The van der Waals surface area contributed by atoms with Crippen LogP contribution in [-0.4, -0.2) is 51.7 Å². The molecule has 0 aromatic carbocycles. The fourth-order valence-electron chi connectivity index (χ4n) is 3.51. The van der Waals surface area contributed by atoms with Gasteiger partial charge in [0.25, 0.3) is 0 Å². The quantitative estimate of drug-likeness (QED) is 0.391. The van der Waals surface area contributed by atoms with Crippen LogP contribution < -0.4 is 40.0 Å². The normalized spacial score (nSPS) is 33.8. The van der Waals surface area contributed by atoms with Crippen LogP contribution in [0.1, 0.15) is 20.3 Å². The first-order valence-corrected chi connectivity index (χ1v) is 8.11. The van der Waals surface area contributed by atoms with Gasteiger partial charge >= 0.3 is 29.6 Å². The molecule has 3 heterocycles. The number of aliphatic hydroxyl groups excluding tert-OH is 1. The molecule has 0 aliphatic carbocycles. The average molecular weight is 348 g/mol. The van der Waals surface area contributed by atoms with Crippen molar-refractivity contribution < 1.29 is 54.2 Å². The van der Waals surface area contributed by atoms with E-state index >= 15 is 0 Å². The molecule has 23 heavy (non-hydrogen) atoms. The zero-order valence-electron chi connectivity index (χ0n) is 13.2. The molecule has 2 fully saturated rings. The Bertz CT molecular complexity index is 594. The maximum Gasteiger partial charge on any atom is 1.00 e. The molecule has 5 atom stereocenters. The Morgan fingerprint density at radius 1 is 1.48 bits per heavy atom. The summed E-state index contributed by atoms with van der Waals surface area (Å²) < 4.78 is 0. The van der Waals surface area contributed by atoms with E-state index < -0.39 is 18.0 Å². The number of aliphatic hydroxyl groups is 1. The summed E-state index contributed by atoms with van der Waals surface area (Å²) in [5.74, 6) is -2.58. The minimum Gasteiger partial charge on any atom is -0.543 e. The summed E-state index contributed by atoms with van der Waals surface area (Å²) in [6.45, 7) is 3.87. The predicted octanol–water partition coefficient (Wildman–Crippen LogP) is -4.57. The van der Waals surface area contributed by atoms with Gasteiger partial charge in [-0.3, -0.25) is 9.59 Å². The third kappa shape index (κ3) is 2.95. The van der Waals surface area contributed by atoms with Gasteiger partial charge in [-0.1, -0.05) is 6.92 Å². The van der Waals surface area contributed by atoms with Crippen LogP contribution in [0.15, 0.2) is 10.6 Å². The number of aliphatic carboxylic acids is 1. The van der Waals surface area contributed by atoms with Crippen LogP contribution in [0.3, 0.4) is 0 Å². The number of carbonyl (C=O) groups is 3. The Morgan fingerprint density at radius 3 is 2.61 bits per heavy atom. The largest absolute Gasteiger partial charge is 1.00 e. The second-order valence-corrected chi connectivity index (χ2v) is 7.34. The molecule has 0 saturated carbocycles. The molecule has 3 rings (SSSR count). The number of β-lactam (4-membered cyclic amide) rings is 1. The molecule has 2 amide bonds. The topological polar surface area (TPSA) is 110 Å². The van der Waals surface area contributed by atoms with Gasteiger partial charge in [-0.2, -0.15) is 0 Å². The van der Waals surface area contributed by atoms with Gasteiger partial charge in [-0.05, 0) is 6.92 Å². The molecule has 0 spiro atoms. The van der Waals surface area contributed by atoms with Gasteiger partial charge in [0.1, 0.15) is 0 Å². The molecule has 3 aliphatic rings. The van der Waals surface area contributed by atoms with E-state index in [1.807, 2.05) is 6.92 Å². The number of nitrogens with zero attached hydrogens (tertiary/aromatic N) is 1. The van der Waals surface area contributed by atoms with Gasteiger partial charge in [-0.25, -0.2) is 0 Å². The van der Waals surface area contributed by atoms with Crippen LogP contribution in [0.4, 0.5) is 0 Å². The maximum absolute atomic E-state index is 12.1. The number of hydrogen-bond donors (Lipinski definition) is 2. The van der Waals surface area contributed by atoms with E-state index in [-0.39, 0.29) is 64.3 Å². The molecule has 3 aliphatic heterocycles. The number of hydrogen-bond acceptors (Lipinski definition) is 6.